The van der Waals surface area contributed by atoms with Gasteiger partial charge in [-0.05, 0) is 74.9 Å². The van der Waals surface area contributed by atoms with Crippen molar-refractivity contribution in [1.82, 2.24) is 9.80 Å². The number of aryl methyl sites for hydroxylation is 1. The predicted octanol–water partition coefficient (Wildman–Crippen LogP) is 5.24. The molecule has 2 saturated heterocycles. The highest BCUT2D eigenvalue weighted by atomic mass is 35.5. The number of likely N-dealkylation sites (tertiary alicyclic amines) is 1. The van der Waals surface area contributed by atoms with Crippen molar-refractivity contribution in [2.24, 2.45) is 5.92 Å². The molecule has 1 amide bonds. The molecule has 1 atom stereocenters. The monoisotopic (exact) mass is 446 g/mol. The molecule has 2 aliphatic heterocycles. The van der Waals surface area contributed by atoms with Crippen molar-refractivity contribution in [3.8, 4) is 0 Å². The van der Waals surface area contributed by atoms with Crippen LogP contribution in [0.4, 0.5) is 0 Å². The first kappa shape index (κ1) is 21.8. The van der Waals surface area contributed by atoms with Crippen LogP contribution in [0, 0.1) is 12.8 Å². The first-order valence-electron chi connectivity index (χ1n) is 11.0. The third-order valence-corrected chi connectivity index (χ3v) is 7.58. The summed E-state index contributed by atoms with van der Waals surface area (Å²) < 4.78 is 6.50. The third-order valence-electron chi connectivity index (χ3n) is 6.36. The summed E-state index contributed by atoms with van der Waals surface area (Å²) in [5.74, 6) is 0.642. The molecule has 4 nitrogen and oxygen atoms in total. The zero-order chi connectivity index (χ0) is 20.9. The first-order valence-corrected chi connectivity index (χ1v) is 12.2. The maximum atomic E-state index is 13.2. The Hall–Kier alpha value is -1.40. The Morgan fingerprint density at radius 1 is 1.17 bits per heavy atom. The fourth-order valence-corrected chi connectivity index (χ4v) is 5.54. The average Bonchev–Trinajstić information content (AvgIpc) is 3.42. The van der Waals surface area contributed by atoms with Gasteiger partial charge in [-0.3, -0.25) is 9.69 Å². The van der Waals surface area contributed by atoms with Gasteiger partial charge in [-0.25, -0.2) is 0 Å². The number of hydrogen-bond acceptors (Lipinski definition) is 4. The Morgan fingerprint density at radius 3 is 2.63 bits per heavy atom. The molecule has 6 heteroatoms. The van der Waals surface area contributed by atoms with Gasteiger partial charge in [0.2, 0.25) is 0 Å². The Labute approximate surface area is 188 Å². The molecule has 30 heavy (non-hydrogen) atoms. The van der Waals surface area contributed by atoms with E-state index < -0.39 is 0 Å². The smallest absolute Gasteiger partial charge is 0.264 e. The maximum absolute atomic E-state index is 13.2. The highest BCUT2D eigenvalue weighted by molar-refractivity contribution is 7.17. The van der Waals surface area contributed by atoms with Gasteiger partial charge in [-0.1, -0.05) is 35.9 Å². The molecule has 0 N–H and O–H groups in total. The predicted molar refractivity (Wildman–Crippen MR) is 123 cm³/mol. The number of carbonyl (C=O) groups excluding carboxylic acids is 1. The van der Waals surface area contributed by atoms with Crippen LogP contribution in [-0.2, 0) is 11.3 Å². The van der Waals surface area contributed by atoms with Crippen molar-refractivity contribution in [2.45, 2.75) is 45.3 Å². The summed E-state index contributed by atoms with van der Waals surface area (Å²) in [7, 11) is 0. The largest absolute Gasteiger partial charge is 0.376 e. The zero-order valence-electron chi connectivity index (χ0n) is 17.7. The number of rotatable bonds is 7. The molecule has 2 aromatic rings. The summed E-state index contributed by atoms with van der Waals surface area (Å²) in [5.41, 5.74) is 2.78. The number of piperidine rings is 1. The van der Waals surface area contributed by atoms with Crippen molar-refractivity contribution in [1.29, 1.82) is 0 Å². The molecule has 4 rings (SSSR count). The second-order valence-corrected chi connectivity index (χ2v) is 10.3. The lowest BCUT2D eigenvalue weighted by molar-refractivity contribution is 0.0448. The fraction of sp³-hybridized carbons (Fsp3) is 0.542. The lowest BCUT2D eigenvalue weighted by Crippen LogP contribution is -2.43. The fourth-order valence-electron chi connectivity index (χ4n) is 4.53. The van der Waals surface area contributed by atoms with Gasteiger partial charge in [0.1, 0.15) is 0 Å². The van der Waals surface area contributed by atoms with Crippen LogP contribution in [0.1, 0.15) is 46.5 Å². The van der Waals surface area contributed by atoms with Crippen LogP contribution in [0.15, 0.2) is 36.4 Å². The van der Waals surface area contributed by atoms with Crippen molar-refractivity contribution in [2.75, 3.05) is 32.8 Å². The van der Waals surface area contributed by atoms with E-state index in [1.54, 1.807) is 0 Å². The number of nitrogens with zero attached hydrogens (tertiary/aromatic N) is 2. The number of benzene rings is 1. The lowest BCUT2D eigenvalue weighted by Gasteiger charge is -2.35. The van der Waals surface area contributed by atoms with E-state index in [2.05, 4.69) is 36.1 Å². The van der Waals surface area contributed by atoms with Gasteiger partial charge >= 0.3 is 0 Å². The van der Waals surface area contributed by atoms with Crippen LogP contribution in [0.3, 0.4) is 0 Å². The number of amides is 1. The molecule has 1 aromatic heterocycles. The van der Waals surface area contributed by atoms with E-state index in [-0.39, 0.29) is 12.0 Å². The molecule has 0 spiro atoms. The van der Waals surface area contributed by atoms with Crippen molar-refractivity contribution in [3.63, 3.8) is 0 Å². The third kappa shape index (κ3) is 5.64. The van der Waals surface area contributed by atoms with Gasteiger partial charge in [0, 0.05) is 26.2 Å². The van der Waals surface area contributed by atoms with E-state index in [4.69, 9.17) is 16.3 Å². The molecule has 0 aliphatic carbocycles. The van der Waals surface area contributed by atoms with E-state index in [1.165, 1.54) is 22.5 Å². The summed E-state index contributed by atoms with van der Waals surface area (Å²) in [6, 6.07) is 12.3. The molecule has 1 aromatic carbocycles. The topological polar surface area (TPSA) is 32.8 Å². The Kier molecular flexibility index (Phi) is 7.47. The average molecular weight is 447 g/mol. The van der Waals surface area contributed by atoms with Crippen LogP contribution in [0.2, 0.25) is 4.34 Å². The quantitative estimate of drug-likeness (QED) is 0.582. The van der Waals surface area contributed by atoms with Crippen molar-refractivity contribution in [3.05, 3.63) is 56.7 Å². The van der Waals surface area contributed by atoms with Gasteiger partial charge in [-0.2, -0.15) is 0 Å². The first-order chi connectivity index (χ1) is 14.6. The van der Waals surface area contributed by atoms with Crippen LogP contribution in [-0.4, -0.2) is 54.6 Å². The number of hydrogen-bond donors (Lipinski definition) is 0. The van der Waals surface area contributed by atoms with Crippen LogP contribution < -0.4 is 0 Å². The highest BCUT2D eigenvalue weighted by Crippen LogP contribution is 2.26. The van der Waals surface area contributed by atoms with E-state index in [9.17, 15) is 4.79 Å². The second-order valence-electron chi connectivity index (χ2n) is 8.59. The van der Waals surface area contributed by atoms with E-state index in [1.807, 2.05) is 17.0 Å². The summed E-state index contributed by atoms with van der Waals surface area (Å²) in [6.07, 6.45) is 4.57. The van der Waals surface area contributed by atoms with Gasteiger partial charge in [0.05, 0.1) is 15.3 Å². The van der Waals surface area contributed by atoms with Crippen molar-refractivity contribution < 1.29 is 9.53 Å². The summed E-state index contributed by atoms with van der Waals surface area (Å²) in [4.78, 5) is 18.5. The Balaban J connectivity index is 1.34. The number of carbonyl (C=O) groups is 1. The molecule has 1 unspecified atom stereocenters. The Bertz CT molecular complexity index is 841. The number of halogens is 1. The number of ether oxygens (including phenoxy) is 1. The summed E-state index contributed by atoms with van der Waals surface area (Å²) >= 11 is 7.45. The van der Waals surface area contributed by atoms with Crippen LogP contribution in [0.25, 0.3) is 0 Å². The van der Waals surface area contributed by atoms with Gasteiger partial charge in [0.25, 0.3) is 5.91 Å². The lowest BCUT2D eigenvalue weighted by atomic mass is 9.95. The van der Waals surface area contributed by atoms with Crippen LogP contribution >= 0.6 is 22.9 Å². The summed E-state index contributed by atoms with van der Waals surface area (Å²) in [5, 5.41) is 0. The molecule has 0 radical (unpaired) electrons. The van der Waals surface area contributed by atoms with Crippen LogP contribution in [0.5, 0.6) is 0 Å². The minimum absolute atomic E-state index is 0.102. The van der Waals surface area contributed by atoms with E-state index in [0.717, 1.165) is 63.3 Å². The van der Waals surface area contributed by atoms with Crippen molar-refractivity contribution >= 4 is 28.8 Å². The molecule has 162 valence electrons. The minimum Gasteiger partial charge on any atom is -0.376 e. The zero-order valence-corrected chi connectivity index (χ0v) is 19.3. The Morgan fingerprint density at radius 2 is 1.97 bits per heavy atom. The molecule has 0 bridgehead atoms. The standard InChI is InChI=1S/C24H31ClN2O2S/c1-18-5-2-3-6-20(18)16-26-12-10-19(11-13-26)15-27(17-21-7-4-14-29-21)24(28)22-8-9-23(25)30-22/h2-3,5-6,8-9,19,21H,4,7,10-17H2,1H3. The van der Waals surface area contributed by atoms with Gasteiger partial charge < -0.3 is 9.64 Å². The highest BCUT2D eigenvalue weighted by Gasteiger charge is 2.28. The molecule has 3 heterocycles. The normalized spacial score (nSPS) is 20.5. The minimum atomic E-state index is 0.102. The van der Waals surface area contributed by atoms with E-state index in [0.29, 0.717) is 16.8 Å². The maximum Gasteiger partial charge on any atom is 0.264 e. The summed E-state index contributed by atoms with van der Waals surface area (Å²) in [6.45, 7) is 7.70. The second kappa shape index (κ2) is 10.3. The molecular formula is C24H31ClN2O2S. The van der Waals surface area contributed by atoms with Gasteiger partial charge in [-0.15, -0.1) is 11.3 Å². The molecule has 2 aliphatic rings. The number of thiophene rings is 1. The SMILES string of the molecule is Cc1ccccc1CN1CCC(CN(CC2CCCO2)C(=O)c2ccc(Cl)s2)CC1. The van der Waals surface area contributed by atoms with Gasteiger partial charge in [0.15, 0.2) is 0 Å². The molecular weight excluding hydrogens is 416 g/mol. The molecule has 0 saturated carbocycles. The molecule has 2 fully saturated rings. The van der Waals surface area contributed by atoms with E-state index >= 15 is 0 Å².